The fourth-order valence-corrected chi connectivity index (χ4v) is 2.70. The normalized spacial score (nSPS) is 19.5. The summed E-state index contributed by atoms with van der Waals surface area (Å²) in [4.78, 5) is 0. The molecule has 0 bridgehead atoms. The van der Waals surface area contributed by atoms with Gasteiger partial charge in [-0.05, 0) is 48.5 Å². The van der Waals surface area contributed by atoms with E-state index in [1.807, 2.05) is 12.1 Å². The van der Waals surface area contributed by atoms with Crippen molar-refractivity contribution in [3.63, 3.8) is 0 Å². The topological polar surface area (TPSA) is 0 Å². The Bertz CT molecular complexity index is 691. The van der Waals surface area contributed by atoms with Crippen molar-refractivity contribution in [2.24, 2.45) is 5.92 Å². The maximum Gasteiger partial charge on any atom is -0.0182 e. The molecule has 23 heavy (non-hydrogen) atoms. The molecule has 0 nitrogen and oxygen atoms in total. The summed E-state index contributed by atoms with van der Waals surface area (Å²) in [5.74, 6) is 0.628. The third kappa shape index (κ3) is 5.10. The molecule has 0 aliphatic heterocycles. The van der Waals surface area contributed by atoms with Crippen LogP contribution in [0.25, 0.3) is 5.57 Å². The third-order valence-corrected chi connectivity index (χ3v) is 4.06. The lowest BCUT2D eigenvalue weighted by Gasteiger charge is -2.15. The minimum Gasteiger partial charge on any atom is -0.0990 e. The van der Waals surface area contributed by atoms with Crippen LogP contribution in [0.3, 0.4) is 0 Å². The Kier molecular flexibility index (Phi) is 6.17. The van der Waals surface area contributed by atoms with Crippen molar-refractivity contribution in [3.05, 3.63) is 102 Å². The quantitative estimate of drug-likeness (QED) is 0.533. The molecule has 1 aromatic carbocycles. The lowest BCUT2D eigenvalue weighted by atomic mass is 9.91. The molecular weight excluding hydrogens is 276 g/mol. The van der Waals surface area contributed by atoms with E-state index in [4.69, 9.17) is 0 Å². The van der Waals surface area contributed by atoms with Crippen LogP contribution >= 0.6 is 0 Å². The summed E-state index contributed by atoms with van der Waals surface area (Å²) < 4.78 is 0. The average Bonchev–Trinajstić information content (AvgIpc) is 2.56. The first kappa shape index (κ1) is 17.0. The fourth-order valence-electron chi connectivity index (χ4n) is 2.70. The smallest absolute Gasteiger partial charge is 0.0182 e. The zero-order valence-electron chi connectivity index (χ0n) is 14.4. The van der Waals surface area contributed by atoms with E-state index in [2.05, 4.69) is 88.1 Å². The Morgan fingerprint density at radius 1 is 1.22 bits per heavy atom. The van der Waals surface area contributed by atoms with E-state index in [0.717, 1.165) is 6.42 Å². The Hall–Kier alpha value is -2.34. The van der Waals surface area contributed by atoms with Gasteiger partial charge < -0.3 is 0 Å². The van der Waals surface area contributed by atoms with Crippen molar-refractivity contribution in [1.82, 2.24) is 0 Å². The predicted octanol–water partition coefficient (Wildman–Crippen LogP) is 6.67. The first-order valence-corrected chi connectivity index (χ1v) is 8.22. The van der Waals surface area contributed by atoms with Gasteiger partial charge in [-0.25, -0.2) is 0 Å². The van der Waals surface area contributed by atoms with Crippen molar-refractivity contribution in [2.45, 2.75) is 27.2 Å². The highest BCUT2D eigenvalue weighted by Gasteiger charge is 2.07. The lowest BCUT2D eigenvalue weighted by molar-refractivity contribution is 0.711. The molecule has 0 radical (unpaired) electrons. The standard InChI is InChI=1S/C23H26/c1-5-9-23(21-10-7-6-8-11-21)17-19(3)13-15-22-16-18(2)12-14-20(22)4/h5-15,17-18H,1,16H2,2-4H3/b15-13-,19-17+,23-9+. The van der Waals surface area contributed by atoms with Crippen molar-refractivity contribution in [2.75, 3.05) is 0 Å². The minimum absolute atomic E-state index is 0.628. The van der Waals surface area contributed by atoms with Crippen LogP contribution in [0, 0.1) is 5.92 Å². The molecule has 0 fully saturated rings. The third-order valence-electron chi connectivity index (χ3n) is 4.06. The molecule has 0 aromatic heterocycles. The number of hydrogen-bond donors (Lipinski definition) is 0. The molecule has 1 atom stereocenters. The van der Waals surface area contributed by atoms with Crippen LogP contribution in [0.5, 0.6) is 0 Å². The van der Waals surface area contributed by atoms with E-state index in [0.29, 0.717) is 5.92 Å². The van der Waals surface area contributed by atoms with Gasteiger partial charge in [0, 0.05) is 0 Å². The van der Waals surface area contributed by atoms with Crippen LogP contribution < -0.4 is 0 Å². The second-order valence-corrected chi connectivity index (χ2v) is 6.19. The molecular formula is C23H26. The second kappa shape index (κ2) is 8.33. The summed E-state index contributed by atoms with van der Waals surface area (Å²) in [6, 6.07) is 10.4. The van der Waals surface area contributed by atoms with Crippen LogP contribution in [-0.4, -0.2) is 0 Å². The van der Waals surface area contributed by atoms with Gasteiger partial charge in [-0.3, -0.25) is 0 Å². The average molecular weight is 302 g/mol. The zero-order chi connectivity index (χ0) is 16.7. The summed E-state index contributed by atoms with van der Waals surface area (Å²) >= 11 is 0. The number of allylic oxidation sites excluding steroid dienone is 11. The molecule has 1 unspecified atom stereocenters. The summed E-state index contributed by atoms with van der Waals surface area (Å²) in [5.41, 5.74) is 6.44. The van der Waals surface area contributed by atoms with Gasteiger partial charge in [0.2, 0.25) is 0 Å². The highest BCUT2D eigenvalue weighted by atomic mass is 14.1. The monoisotopic (exact) mass is 302 g/mol. The van der Waals surface area contributed by atoms with E-state index < -0.39 is 0 Å². The van der Waals surface area contributed by atoms with E-state index >= 15 is 0 Å². The van der Waals surface area contributed by atoms with Gasteiger partial charge >= 0.3 is 0 Å². The van der Waals surface area contributed by atoms with Gasteiger partial charge in [0.25, 0.3) is 0 Å². The van der Waals surface area contributed by atoms with Crippen LogP contribution in [0.15, 0.2) is 96.2 Å². The van der Waals surface area contributed by atoms with Crippen LogP contribution in [0.4, 0.5) is 0 Å². The molecule has 2 rings (SSSR count). The molecule has 0 amide bonds. The maximum atomic E-state index is 3.83. The number of rotatable bonds is 5. The molecule has 0 heteroatoms. The summed E-state index contributed by atoms with van der Waals surface area (Å²) in [5, 5.41) is 0. The molecule has 0 N–H and O–H groups in total. The van der Waals surface area contributed by atoms with E-state index in [9.17, 15) is 0 Å². The molecule has 1 aliphatic rings. The van der Waals surface area contributed by atoms with E-state index in [-0.39, 0.29) is 0 Å². The minimum atomic E-state index is 0.628. The molecule has 0 heterocycles. The van der Waals surface area contributed by atoms with Crippen LogP contribution in [0.1, 0.15) is 32.8 Å². The zero-order valence-corrected chi connectivity index (χ0v) is 14.4. The number of benzene rings is 1. The van der Waals surface area contributed by atoms with Crippen molar-refractivity contribution >= 4 is 5.57 Å². The van der Waals surface area contributed by atoms with E-state index in [1.165, 1.54) is 27.9 Å². The van der Waals surface area contributed by atoms with E-state index in [1.54, 1.807) is 0 Å². The van der Waals surface area contributed by atoms with Crippen LogP contribution in [0.2, 0.25) is 0 Å². The highest BCUT2D eigenvalue weighted by molar-refractivity contribution is 5.76. The SMILES string of the molecule is C=C\C=C(/C=C(C)/C=C\C1=C(C)C=CC(C)C1)c1ccccc1. The van der Waals surface area contributed by atoms with Crippen molar-refractivity contribution in [1.29, 1.82) is 0 Å². The Morgan fingerprint density at radius 2 is 1.96 bits per heavy atom. The molecule has 0 saturated heterocycles. The summed E-state index contributed by atoms with van der Waals surface area (Å²) in [6.45, 7) is 10.4. The highest BCUT2D eigenvalue weighted by Crippen LogP contribution is 2.25. The largest absolute Gasteiger partial charge is 0.0990 e. The summed E-state index contributed by atoms with van der Waals surface area (Å²) in [7, 11) is 0. The van der Waals surface area contributed by atoms with Gasteiger partial charge in [-0.2, -0.15) is 0 Å². The Labute approximate surface area is 140 Å². The first-order chi connectivity index (χ1) is 11.1. The Morgan fingerprint density at radius 3 is 2.65 bits per heavy atom. The fraction of sp³-hybridized carbons (Fsp3) is 0.217. The van der Waals surface area contributed by atoms with Gasteiger partial charge in [-0.1, -0.05) is 91.9 Å². The second-order valence-electron chi connectivity index (χ2n) is 6.19. The predicted molar refractivity (Wildman–Crippen MR) is 103 cm³/mol. The first-order valence-electron chi connectivity index (χ1n) is 8.22. The van der Waals surface area contributed by atoms with Gasteiger partial charge in [0.15, 0.2) is 0 Å². The van der Waals surface area contributed by atoms with Crippen molar-refractivity contribution in [3.8, 4) is 0 Å². The molecule has 1 aliphatic carbocycles. The summed E-state index contributed by atoms with van der Waals surface area (Å²) in [6.07, 6.45) is 16.2. The molecule has 0 spiro atoms. The van der Waals surface area contributed by atoms with Crippen LogP contribution in [-0.2, 0) is 0 Å². The maximum absolute atomic E-state index is 3.83. The lowest BCUT2D eigenvalue weighted by Crippen LogP contribution is -1.98. The molecule has 0 saturated carbocycles. The Balaban J connectivity index is 2.21. The van der Waals surface area contributed by atoms with Crippen molar-refractivity contribution < 1.29 is 0 Å². The molecule has 118 valence electrons. The number of hydrogen-bond acceptors (Lipinski definition) is 0. The van der Waals surface area contributed by atoms with Gasteiger partial charge in [0.05, 0.1) is 0 Å². The molecule has 1 aromatic rings. The van der Waals surface area contributed by atoms with Gasteiger partial charge in [-0.15, -0.1) is 0 Å². The van der Waals surface area contributed by atoms with Gasteiger partial charge in [0.1, 0.15) is 0 Å².